The molecule has 1 aliphatic rings. The van der Waals surface area contributed by atoms with E-state index in [0.29, 0.717) is 37.8 Å². The van der Waals surface area contributed by atoms with Crippen molar-refractivity contribution in [3.8, 4) is 10.7 Å². The Balaban J connectivity index is 1.55. The lowest BCUT2D eigenvalue weighted by atomic mass is 9.73. The molecule has 7 heteroatoms. The molecule has 0 spiro atoms. The zero-order chi connectivity index (χ0) is 18.7. The number of carbonyl (C=O) groups is 1. The fourth-order valence-electron chi connectivity index (χ4n) is 3.57. The molecule has 6 nitrogen and oxygen atoms in total. The third kappa shape index (κ3) is 3.52. The van der Waals surface area contributed by atoms with E-state index in [2.05, 4.69) is 10.1 Å². The largest absolute Gasteiger partial charge is 0.381 e. The van der Waals surface area contributed by atoms with Gasteiger partial charge in [0, 0.05) is 20.3 Å². The van der Waals surface area contributed by atoms with Gasteiger partial charge in [-0.2, -0.15) is 4.98 Å². The Hall–Kier alpha value is -2.51. The smallest absolute Gasteiger partial charge is 0.246 e. The predicted octanol–water partition coefficient (Wildman–Crippen LogP) is 3.50. The molecule has 2 aromatic heterocycles. The van der Waals surface area contributed by atoms with Crippen molar-refractivity contribution in [2.24, 2.45) is 0 Å². The molecule has 0 radical (unpaired) electrons. The SMILES string of the molecule is CN(Cc1nc(-c2cccs2)no1)C(=O)C1(c2ccccc2)CCOCC1. The van der Waals surface area contributed by atoms with Crippen LogP contribution < -0.4 is 0 Å². The molecule has 0 N–H and O–H groups in total. The van der Waals surface area contributed by atoms with Crippen LogP contribution in [-0.4, -0.2) is 41.2 Å². The molecule has 27 heavy (non-hydrogen) atoms. The molecule has 140 valence electrons. The molecule has 0 bridgehead atoms. The molecule has 0 unspecified atom stereocenters. The van der Waals surface area contributed by atoms with Gasteiger partial charge in [-0.25, -0.2) is 0 Å². The fraction of sp³-hybridized carbons (Fsp3) is 0.350. The van der Waals surface area contributed by atoms with Crippen molar-refractivity contribution in [2.45, 2.75) is 24.8 Å². The van der Waals surface area contributed by atoms with E-state index in [9.17, 15) is 4.79 Å². The number of hydrogen-bond donors (Lipinski definition) is 0. The van der Waals surface area contributed by atoms with Crippen LogP contribution in [0, 0.1) is 0 Å². The first-order valence-corrected chi connectivity index (χ1v) is 9.82. The van der Waals surface area contributed by atoms with Crippen molar-refractivity contribution in [2.75, 3.05) is 20.3 Å². The second-order valence-electron chi connectivity index (χ2n) is 6.71. The van der Waals surface area contributed by atoms with Crippen LogP contribution in [0.1, 0.15) is 24.3 Å². The van der Waals surface area contributed by atoms with Crippen LogP contribution in [0.3, 0.4) is 0 Å². The molecule has 1 aliphatic heterocycles. The molecule has 3 aromatic rings. The number of aromatic nitrogens is 2. The number of rotatable bonds is 5. The number of hydrogen-bond acceptors (Lipinski definition) is 6. The second-order valence-corrected chi connectivity index (χ2v) is 7.66. The fourth-order valence-corrected chi connectivity index (χ4v) is 4.22. The van der Waals surface area contributed by atoms with Crippen LogP contribution in [0.2, 0.25) is 0 Å². The van der Waals surface area contributed by atoms with Gasteiger partial charge < -0.3 is 14.2 Å². The summed E-state index contributed by atoms with van der Waals surface area (Å²) in [6, 6.07) is 13.9. The lowest BCUT2D eigenvalue weighted by molar-refractivity contribution is -0.140. The third-order valence-corrected chi connectivity index (χ3v) is 5.88. The molecule has 1 amide bonds. The standard InChI is InChI=1S/C20H21N3O3S/c1-23(14-17-21-18(22-26-17)16-8-5-13-27-16)19(24)20(9-11-25-12-10-20)15-6-3-2-4-7-15/h2-8,13H,9-12,14H2,1H3. The van der Waals surface area contributed by atoms with Crippen molar-refractivity contribution in [3.05, 3.63) is 59.3 Å². The first-order chi connectivity index (χ1) is 13.2. The summed E-state index contributed by atoms with van der Waals surface area (Å²) in [6.45, 7) is 1.45. The van der Waals surface area contributed by atoms with E-state index >= 15 is 0 Å². The molecular formula is C20H21N3O3S. The number of benzene rings is 1. The molecule has 1 saturated heterocycles. The summed E-state index contributed by atoms with van der Waals surface area (Å²) in [5, 5.41) is 5.99. The minimum atomic E-state index is -0.565. The summed E-state index contributed by atoms with van der Waals surface area (Å²) in [5.41, 5.74) is 0.472. The number of nitrogens with zero attached hydrogens (tertiary/aromatic N) is 3. The number of amides is 1. The highest BCUT2D eigenvalue weighted by Gasteiger charge is 2.43. The van der Waals surface area contributed by atoms with Crippen LogP contribution in [0.4, 0.5) is 0 Å². The van der Waals surface area contributed by atoms with Gasteiger partial charge in [-0.3, -0.25) is 4.79 Å². The van der Waals surface area contributed by atoms with E-state index in [1.165, 1.54) is 0 Å². The van der Waals surface area contributed by atoms with Crippen LogP contribution >= 0.6 is 11.3 Å². The molecule has 0 atom stereocenters. The van der Waals surface area contributed by atoms with Gasteiger partial charge in [0.25, 0.3) is 0 Å². The zero-order valence-electron chi connectivity index (χ0n) is 15.1. The van der Waals surface area contributed by atoms with Crippen molar-refractivity contribution >= 4 is 17.2 Å². The van der Waals surface area contributed by atoms with E-state index in [0.717, 1.165) is 10.4 Å². The summed E-state index contributed by atoms with van der Waals surface area (Å²) in [7, 11) is 1.79. The minimum Gasteiger partial charge on any atom is -0.381 e. The number of thiophene rings is 1. The van der Waals surface area contributed by atoms with E-state index < -0.39 is 5.41 Å². The number of likely N-dealkylation sites (N-methyl/N-ethyl adjacent to an activating group) is 1. The zero-order valence-corrected chi connectivity index (χ0v) is 15.9. The van der Waals surface area contributed by atoms with Gasteiger partial charge in [-0.05, 0) is 29.9 Å². The maximum atomic E-state index is 13.4. The summed E-state index contributed by atoms with van der Waals surface area (Å²) in [4.78, 5) is 20.5. The van der Waals surface area contributed by atoms with Crippen molar-refractivity contribution in [3.63, 3.8) is 0 Å². The Morgan fingerprint density at radius 1 is 1.19 bits per heavy atom. The lowest BCUT2D eigenvalue weighted by Gasteiger charge is -2.38. The Bertz CT molecular complexity index is 886. The van der Waals surface area contributed by atoms with Gasteiger partial charge in [-0.15, -0.1) is 11.3 Å². The van der Waals surface area contributed by atoms with Crippen LogP contribution in [-0.2, 0) is 21.5 Å². The van der Waals surface area contributed by atoms with Gasteiger partial charge >= 0.3 is 0 Å². The van der Waals surface area contributed by atoms with Crippen molar-refractivity contribution < 1.29 is 14.1 Å². The average Bonchev–Trinajstić information content (AvgIpc) is 3.40. The van der Waals surface area contributed by atoms with Crippen LogP contribution in [0.5, 0.6) is 0 Å². The van der Waals surface area contributed by atoms with Crippen LogP contribution in [0.15, 0.2) is 52.4 Å². The predicted molar refractivity (Wildman–Crippen MR) is 102 cm³/mol. The highest BCUT2D eigenvalue weighted by molar-refractivity contribution is 7.13. The van der Waals surface area contributed by atoms with E-state index in [4.69, 9.17) is 9.26 Å². The molecule has 3 heterocycles. The number of carbonyl (C=O) groups excluding carboxylic acids is 1. The molecule has 1 aromatic carbocycles. The van der Waals surface area contributed by atoms with Gasteiger partial charge in [0.2, 0.25) is 17.6 Å². The molecule has 0 saturated carbocycles. The normalized spacial score (nSPS) is 16.2. The van der Waals surface area contributed by atoms with Gasteiger partial charge in [0.05, 0.1) is 16.8 Å². The first-order valence-electron chi connectivity index (χ1n) is 8.94. The maximum absolute atomic E-state index is 13.4. The highest BCUT2D eigenvalue weighted by Crippen LogP contribution is 2.36. The first kappa shape index (κ1) is 17.9. The Labute approximate surface area is 161 Å². The molecule has 0 aliphatic carbocycles. The summed E-state index contributed by atoms with van der Waals surface area (Å²) >= 11 is 1.55. The van der Waals surface area contributed by atoms with Gasteiger partial charge in [-0.1, -0.05) is 41.6 Å². The topological polar surface area (TPSA) is 68.5 Å². The summed E-state index contributed by atoms with van der Waals surface area (Å²) in [6.07, 6.45) is 1.34. The van der Waals surface area contributed by atoms with E-state index in [1.54, 1.807) is 23.3 Å². The van der Waals surface area contributed by atoms with Crippen LogP contribution in [0.25, 0.3) is 10.7 Å². The second kappa shape index (κ2) is 7.62. The molecule has 1 fully saturated rings. The average molecular weight is 383 g/mol. The van der Waals surface area contributed by atoms with Crippen molar-refractivity contribution in [1.82, 2.24) is 15.0 Å². The molecular weight excluding hydrogens is 362 g/mol. The summed E-state index contributed by atoms with van der Waals surface area (Å²) < 4.78 is 10.9. The molecule has 4 rings (SSSR count). The van der Waals surface area contributed by atoms with E-state index in [-0.39, 0.29) is 12.5 Å². The number of ether oxygens (including phenoxy) is 1. The Kier molecular flexibility index (Phi) is 5.05. The van der Waals surface area contributed by atoms with Gasteiger partial charge in [0.15, 0.2) is 0 Å². The van der Waals surface area contributed by atoms with Crippen molar-refractivity contribution in [1.29, 1.82) is 0 Å². The monoisotopic (exact) mass is 383 g/mol. The Morgan fingerprint density at radius 2 is 1.96 bits per heavy atom. The van der Waals surface area contributed by atoms with Gasteiger partial charge in [0.1, 0.15) is 0 Å². The minimum absolute atomic E-state index is 0.0628. The quantitative estimate of drug-likeness (QED) is 0.674. The summed E-state index contributed by atoms with van der Waals surface area (Å²) in [5.74, 6) is 1.06. The highest BCUT2D eigenvalue weighted by atomic mass is 32.1. The lowest BCUT2D eigenvalue weighted by Crippen LogP contribution is -2.48. The Morgan fingerprint density at radius 3 is 2.67 bits per heavy atom. The third-order valence-electron chi connectivity index (χ3n) is 5.01. The van der Waals surface area contributed by atoms with E-state index in [1.807, 2.05) is 47.8 Å². The maximum Gasteiger partial charge on any atom is 0.246 e.